The minimum absolute atomic E-state index is 0.0510. The summed E-state index contributed by atoms with van der Waals surface area (Å²) in [6.45, 7) is 1.87. The summed E-state index contributed by atoms with van der Waals surface area (Å²) in [6, 6.07) is 5.40. The number of hydrogen-bond acceptors (Lipinski definition) is 5. The van der Waals surface area contributed by atoms with Crippen molar-refractivity contribution in [3.63, 3.8) is 0 Å². The highest BCUT2D eigenvalue weighted by atomic mass is 35.5. The normalized spacial score (nSPS) is 11.5. The molecule has 2 aromatic heterocycles. The summed E-state index contributed by atoms with van der Waals surface area (Å²) >= 11 is 17.6. The van der Waals surface area contributed by atoms with Crippen LogP contribution in [0, 0.1) is 6.92 Å². The number of benzene rings is 1. The van der Waals surface area contributed by atoms with Crippen LogP contribution in [0.1, 0.15) is 16.1 Å². The molecule has 0 aliphatic heterocycles. The molecule has 25 heavy (non-hydrogen) atoms. The van der Waals surface area contributed by atoms with Crippen LogP contribution in [0.25, 0.3) is 10.9 Å². The van der Waals surface area contributed by atoms with Gasteiger partial charge in [-0.1, -0.05) is 53.0 Å². The van der Waals surface area contributed by atoms with Crippen LogP contribution in [-0.2, 0) is 0 Å². The van der Waals surface area contributed by atoms with E-state index >= 15 is 0 Å². The van der Waals surface area contributed by atoms with Gasteiger partial charge in [-0.25, -0.2) is 4.98 Å². The number of carbonyl (C=O) groups is 1. The zero-order valence-electron chi connectivity index (χ0n) is 12.6. The zero-order valence-corrected chi connectivity index (χ0v) is 14.9. The van der Waals surface area contributed by atoms with Crippen LogP contribution in [0.5, 0.6) is 5.88 Å². The number of halogens is 3. The number of anilines is 1. The number of nitrogens with zero attached hydrogens (tertiary/aromatic N) is 3. The predicted octanol–water partition coefficient (Wildman–Crippen LogP) is 5.04. The summed E-state index contributed by atoms with van der Waals surface area (Å²) < 4.78 is 0. The Balaban J connectivity index is 2.03. The minimum Gasteiger partial charge on any atom is -0.493 e. The van der Waals surface area contributed by atoms with E-state index in [0.29, 0.717) is 10.9 Å². The maximum Gasteiger partial charge on any atom is 0.315 e. The number of aromatic amines is 1. The molecule has 7 nitrogen and oxygen atoms in total. The Morgan fingerprint density at radius 3 is 2.72 bits per heavy atom. The summed E-state index contributed by atoms with van der Waals surface area (Å²) in [4.78, 5) is 18.8. The largest absolute Gasteiger partial charge is 0.493 e. The van der Waals surface area contributed by atoms with Gasteiger partial charge in [-0.15, -0.1) is 10.2 Å². The summed E-state index contributed by atoms with van der Waals surface area (Å²) in [5.41, 5.74) is 7.03. The van der Waals surface area contributed by atoms with Gasteiger partial charge in [-0.3, -0.25) is 4.79 Å². The molecule has 0 bridgehead atoms. The molecular formula is C15H10Cl3N5O2. The van der Waals surface area contributed by atoms with Gasteiger partial charge in [0, 0.05) is 5.39 Å². The van der Waals surface area contributed by atoms with Crippen LogP contribution in [0.3, 0.4) is 0 Å². The third-order valence-corrected chi connectivity index (χ3v) is 4.65. The Kier molecular flexibility index (Phi) is 4.55. The molecule has 0 atom stereocenters. The molecule has 0 aliphatic rings. The quantitative estimate of drug-likeness (QED) is 0.414. The fraction of sp³-hybridized carbons (Fsp3) is 0.0667. The van der Waals surface area contributed by atoms with Crippen molar-refractivity contribution in [2.45, 2.75) is 6.92 Å². The number of aromatic hydroxyl groups is 1. The van der Waals surface area contributed by atoms with Crippen LogP contribution in [0.4, 0.5) is 11.4 Å². The second kappa shape index (κ2) is 6.51. The van der Waals surface area contributed by atoms with Crippen LogP contribution >= 0.6 is 34.8 Å². The number of carbonyl (C=O) groups excluding carboxylic acids is 1. The maximum atomic E-state index is 12.2. The zero-order chi connectivity index (χ0) is 18.3. The summed E-state index contributed by atoms with van der Waals surface area (Å²) in [7, 11) is 0. The van der Waals surface area contributed by atoms with E-state index in [4.69, 9.17) is 40.5 Å². The first-order valence-electron chi connectivity index (χ1n) is 6.87. The van der Waals surface area contributed by atoms with E-state index in [2.05, 4.69) is 20.2 Å². The van der Waals surface area contributed by atoms with E-state index < -0.39 is 5.91 Å². The summed E-state index contributed by atoms with van der Waals surface area (Å²) in [6.07, 6.45) is 0. The van der Waals surface area contributed by atoms with Crippen LogP contribution in [0.2, 0.25) is 15.2 Å². The van der Waals surface area contributed by atoms with Gasteiger partial charge in [0.25, 0.3) is 0 Å². The maximum absolute atomic E-state index is 12.2. The molecule has 0 spiro atoms. The van der Waals surface area contributed by atoms with Crippen LogP contribution < -0.4 is 5.73 Å². The number of aromatic nitrogens is 2. The Hall–Kier alpha value is -2.35. The average Bonchev–Trinajstić information content (AvgIpc) is 2.91. The Morgan fingerprint density at radius 1 is 1.28 bits per heavy atom. The highest BCUT2D eigenvalue weighted by Gasteiger charge is 2.20. The van der Waals surface area contributed by atoms with Crippen molar-refractivity contribution < 1.29 is 9.90 Å². The first kappa shape index (κ1) is 17.5. The monoisotopic (exact) mass is 397 g/mol. The van der Waals surface area contributed by atoms with E-state index in [9.17, 15) is 9.90 Å². The number of pyridine rings is 1. The molecule has 4 N–H and O–H groups in total. The van der Waals surface area contributed by atoms with Gasteiger partial charge in [0.1, 0.15) is 5.02 Å². The lowest BCUT2D eigenvalue weighted by Gasteiger charge is -2.05. The molecule has 3 rings (SSSR count). The molecule has 1 amide bonds. The molecule has 0 aliphatic carbocycles. The molecule has 10 heteroatoms. The number of rotatable bonds is 2. The van der Waals surface area contributed by atoms with Gasteiger partial charge in [-0.2, -0.15) is 0 Å². The lowest BCUT2D eigenvalue weighted by Crippen LogP contribution is -2.03. The summed E-state index contributed by atoms with van der Waals surface area (Å²) in [5, 5.41) is 17.6. The second-order valence-electron chi connectivity index (χ2n) is 5.12. The standard InChI is InChI=1S/C15H10Cl3N5O2/c1-5-3-2-4-6-10(5)21-14(24)11(6)22-23-15(25)12-7(16)9(19)8(17)13(18)20-12/h2-4,21,24H,1H3,(H2,19,20). The summed E-state index contributed by atoms with van der Waals surface area (Å²) in [5.74, 6) is -1.09. The molecule has 2 heterocycles. The lowest BCUT2D eigenvalue weighted by molar-refractivity contribution is 0.0990. The van der Waals surface area contributed by atoms with Crippen molar-refractivity contribution in [3.8, 4) is 5.88 Å². The van der Waals surface area contributed by atoms with Gasteiger partial charge in [0.15, 0.2) is 16.5 Å². The van der Waals surface area contributed by atoms with Crippen molar-refractivity contribution in [2.24, 2.45) is 10.2 Å². The van der Waals surface area contributed by atoms with E-state index in [1.54, 1.807) is 12.1 Å². The van der Waals surface area contributed by atoms with Crippen LogP contribution in [0.15, 0.2) is 28.4 Å². The number of amides is 1. The number of azo groups is 1. The number of H-pyrrole nitrogens is 1. The molecular weight excluding hydrogens is 389 g/mol. The van der Waals surface area contributed by atoms with Gasteiger partial charge in [0.05, 0.1) is 16.2 Å². The van der Waals surface area contributed by atoms with Crippen molar-refractivity contribution in [2.75, 3.05) is 5.73 Å². The van der Waals surface area contributed by atoms with E-state index in [1.165, 1.54) is 0 Å². The fourth-order valence-electron chi connectivity index (χ4n) is 2.25. The molecule has 3 aromatic rings. The third kappa shape index (κ3) is 3.02. The van der Waals surface area contributed by atoms with Crippen molar-refractivity contribution in [3.05, 3.63) is 44.7 Å². The highest BCUT2D eigenvalue weighted by molar-refractivity contribution is 6.46. The second-order valence-corrected chi connectivity index (χ2v) is 6.23. The van der Waals surface area contributed by atoms with Gasteiger partial charge >= 0.3 is 5.91 Å². The van der Waals surface area contributed by atoms with Crippen LogP contribution in [-0.4, -0.2) is 21.0 Å². The Bertz CT molecular complexity index is 1050. The van der Waals surface area contributed by atoms with Crippen molar-refractivity contribution in [1.29, 1.82) is 0 Å². The molecule has 0 unspecified atom stereocenters. The number of fused-ring (bicyclic) bond motifs is 1. The number of aryl methyl sites for hydroxylation is 1. The third-order valence-electron chi connectivity index (χ3n) is 3.51. The van der Waals surface area contributed by atoms with E-state index in [1.807, 2.05) is 13.0 Å². The number of hydrogen-bond donors (Lipinski definition) is 3. The number of nitrogens with one attached hydrogen (secondary N) is 1. The fourth-order valence-corrected chi connectivity index (χ4v) is 2.84. The predicted molar refractivity (Wildman–Crippen MR) is 97.2 cm³/mol. The minimum atomic E-state index is -0.878. The Labute approximate surface area is 156 Å². The van der Waals surface area contributed by atoms with Gasteiger partial charge in [-0.05, 0) is 12.5 Å². The van der Waals surface area contributed by atoms with Crippen molar-refractivity contribution >= 4 is 63.0 Å². The van der Waals surface area contributed by atoms with E-state index in [0.717, 1.165) is 5.56 Å². The lowest BCUT2D eigenvalue weighted by atomic mass is 10.1. The molecule has 0 saturated heterocycles. The van der Waals surface area contributed by atoms with E-state index in [-0.39, 0.29) is 38.1 Å². The molecule has 0 fully saturated rings. The molecule has 0 radical (unpaired) electrons. The molecule has 1 aromatic carbocycles. The highest BCUT2D eigenvalue weighted by Crippen LogP contribution is 2.37. The Morgan fingerprint density at radius 2 is 2.00 bits per heavy atom. The first-order chi connectivity index (χ1) is 11.8. The molecule has 128 valence electrons. The number of para-hydroxylation sites is 1. The molecule has 0 saturated carbocycles. The number of nitrogen functional groups attached to an aromatic ring is 1. The number of nitrogens with two attached hydrogens (primary N) is 1. The van der Waals surface area contributed by atoms with Crippen molar-refractivity contribution in [1.82, 2.24) is 9.97 Å². The average molecular weight is 399 g/mol. The SMILES string of the molecule is Cc1cccc2c(N=NC(=O)c3nc(Cl)c(Cl)c(N)c3Cl)c(O)[nH]c12. The van der Waals surface area contributed by atoms with Gasteiger partial charge in [0.2, 0.25) is 5.88 Å². The van der Waals surface area contributed by atoms with Gasteiger partial charge < -0.3 is 15.8 Å². The topological polar surface area (TPSA) is 117 Å². The first-order valence-corrected chi connectivity index (χ1v) is 8.01. The smallest absolute Gasteiger partial charge is 0.315 e.